The van der Waals surface area contributed by atoms with Crippen LogP contribution < -0.4 is 10.6 Å². The van der Waals surface area contributed by atoms with Gasteiger partial charge in [-0.25, -0.2) is 4.79 Å². The Morgan fingerprint density at radius 3 is 2.21 bits per heavy atom. The highest BCUT2D eigenvalue weighted by Crippen LogP contribution is 2.08. The van der Waals surface area contributed by atoms with Crippen LogP contribution in [0.2, 0.25) is 0 Å². The number of carbonyl (C=O) groups is 2. The highest BCUT2D eigenvalue weighted by Gasteiger charge is 2.24. The van der Waals surface area contributed by atoms with E-state index in [2.05, 4.69) is 17.6 Å². The maximum absolute atomic E-state index is 11.8. The fourth-order valence-electron chi connectivity index (χ4n) is 1.38. The lowest BCUT2D eigenvalue weighted by molar-refractivity contribution is -0.158. The SMILES string of the molecule is CCCCN[C@@H](C)C(=O)N[C@@H](C)C(=O)OC(C)(C)C. The third-order valence-corrected chi connectivity index (χ3v) is 2.49. The van der Waals surface area contributed by atoms with Crippen molar-refractivity contribution in [3.63, 3.8) is 0 Å². The van der Waals surface area contributed by atoms with Crippen LogP contribution >= 0.6 is 0 Å². The summed E-state index contributed by atoms with van der Waals surface area (Å²) in [5.74, 6) is -0.601. The Morgan fingerprint density at radius 2 is 1.74 bits per heavy atom. The van der Waals surface area contributed by atoms with E-state index in [1.165, 1.54) is 0 Å². The van der Waals surface area contributed by atoms with Crippen molar-refractivity contribution in [3.05, 3.63) is 0 Å². The van der Waals surface area contributed by atoms with Gasteiger partial charge in [-0.1, -0.05) is 13.3 Å². The Bertz CT molecular complexity index is 298. The summed E-state index contributed by atoms with van der Waals surface area (Å²) in [6, 6.07) is -0.946. The first-order valence-electron chi connectivity index (χ1n) is 6.94. The van der Waals surface area contributed by atoms with E-state index >= 15 is 0 Å². The molecule has 5 heteroatoms. The predicted molar refractivity (Wildman–Crippen MR) is 75.8 cm³/mol. The third kappa shape index (κ3) is 8.59. The molecule has 0 aromatic rings. The lowest BCUT2D eigenvalue weighted by Crippen LogP contribution is -2.49. The summed E-state index contributed by atoms with van der Waals surface area (Å²) in [5.41, 5.74) is -0.541. The fraction of sp³-hybridized carbons (Fsp3) is 0.857. The summed E-state index contributed by atoms with van der Waals surface area (Å²) in [6.45, 7) is 11.7. The van der Waals surface area contributed by atoms with Crippen molar-refractivity contribution in [3.8, 4) is 0 Å². The van der Waals surface area contributed by atoms with Crippen molar-refractivity contribution in [1.82, 2.24) is 10.6 Å². The lowest BCUT2D eigenvalue weighted by Gasteiger charge is -2.23. The number of hydrogen-bond donors (Lipinski definition) is 2. The molecule has 0 rings (SSSR count). The summed E-state index contributed by atoms with van der Waals surface area (Å²) >= 11 is 0. The van der Waals surface area contributed by atoms with Gasteiger partial charge in [0.2, 0.25) is 5.91 Å². The van der Waals surface area contributed by atoms with Gasteiger partial charge in [0.25, 0.3) is 0 Å². The number of unbranched alkanes of at least 4 members (excludes halogenated alkanes) is 1. The van der Waals surface area contributed by atoms with Crippen molar-refractivity contribution >= 4 is 11.9 Å². The Morgan fingerprint density at radius 1 is 1.16 bits per heavy atom. The van der Waals surface area contributed by atoms with E-state index in [4.69, 9.17) is 4.74 Å². The topological polar surface area (TPSA) is 67.4 Å². The van der Waals surface area contributed by atoms with E-state index < -0.39 is 17.6 Å². The van der Waals surface area contributed by atoms with Crippen molar-refractivity contribution < 1.29 is 14.3 Å². The lowest BCUT2D eigenvalue weighted by atomic mass is 10.2. The van der Waals surface area contributed by atoms with E-state index in [1.807, 2.05) is 0 Å². The van der Waals surface area contributed by atoms with Crippen LogP contribution in [0.5, 0.6) is 0 Å². The summed E-state index contributed by atoms with van der Waals surface area (Å²) < 4.78 is 5.20. The van der Waals surface area contributed by atoms with Gasteiger partial charge in [0.15, 0.2) is 0 Å². The van der Waals surface area contributed by atoms with Gasteiger partial charge in [0.05, 0.1) is 6.04 Å². The molecule has 0 aliphatic heterocycles. The molecule has 1 amide bonds. The molecule has 5 nitrogen and oxygen atoms in total. The van der Waals surface area contributed by atoms with Crippen LogP contribution in [0.1, 0.15) is 54.4 Å². The number of hydrogen-bond acceptors (Lipinski definition) is 4. The van der Waals surface area contributed by atoms with Crippen molar-refractivity contribution in [2.24, 2.45) is 0 Å². The zero-order chi connectivity index (χ0) is 15.1. The maximum atomic E-state index is 11.8. The maximum Gasteiger partial charge on any atom is 0.328 e. The Balaban J connectivity index is 4.13. The molecule has 2 atom stereocenters. The molecule has 0 aliphatic carbocycles. The van der Waals surface area contributed by atoms with E-state index in [1.54, 1.807) is 34.6 Å². The number of amides is 1. The quantitative estimate of drug-likeness (QED) is 0.546. The summed E-state index contributed by atoms with van der Waals surface area (Å²) in [5, 5.41) is 5.76. The fourth-order valence-corrected chi connectivity index (χ4v) is 1.38. The first kappa shape index (κ1) is 17.9. The Labute approximate surface area is 116 Å². The largest absolute Gasteiger partial charge is 0.458 e. The molecule has 0 aromatic carbocycles. The molecule has 0 aromatic heterocycles. The van der Waals surface area contributed by atoms with E-state index in [0.717, 1.165) is 19.4 Å². The highest BCUT2D eigenvalue weighted by atomic mass is 16.6. The van der Waals surface area contributed by atoms with Gasteiger partial charge in [-0.3, -0.25) is 4.79 Å². The van der Waals surface area contributed by atoms with Crippen molar-refractivity contribution in [2.45, 2.75) is 72.1 Å². The van der Waals surface area contributed by atoms with Gasteiger partial charge < -0.3 is 15.4 Å². The third-order valence-electron chi connectivity index (χ3n) is 2.49. The monoisotopic (exact) mass is 272 g/mol. The van der Waals surface area contributed by atoms with Gasteiger partial charge in [-0.05, 0) is 47.6 Å². The Kier molecular flexibility index (Phi) is 7.68. The molecule has 0 radical (unpaired) electrons. The van der Waals surface area contributed by atoms with Crippen LogP contribution in [-0.2, 0) is 14.3 Å². The first-order chi connectivity index (χ1) is 8.67. The van der Waals surface area contributed by atoms with Crippen LogP contribution in [0.15, 0.2) is 0 Å². The molecule has 0 spiro atoms. The molecule has 0 unspecified atom stereocenters. The Hall–Kier alpha value is -1.10. The van der Waals surface area contributed by atoms with Crippen LogP contribution in [0.4, 0.5) is 0 Å². The molecule has 2 N–H and O–H groups in total. The second-order valence-electron chi connectivity index (χ2n) is 5.79. The molecule has 0 bridgehead atoms. The first-order valence-corrected chi connectivity index (χ1v) is 6.94. The molecular formula is C14H28N2O3. The highest BCUT2D eigenvalue weighted by molar-refractivity contribution is 5.87. The average molecular weight is 272 g/mol. The summed E-state index contributed by atoms with van der Waals surface area (Å²) in [4.78, 5) is 23.6. The van der Waals surface area contributed by atoms with Gasteiger partial charge in [-0.15, -0.1) is 0 Å². The molecule has 112 valence electrons. The van der Waals surface area contributed by atoms with Crippen molar-refractivity contribution in [1.29, 1.82) is 0 Å². The summed E-state index contributed by atoms with van der Waals surface area (Å²) in [6.07, 6.45) is 2.11. The molecule has 0 heterocycles. The van der Waals surface area contributed by atoms with Crippen LogP contribution in [-0.4, -0.2) is 36.1 Å². The number of esters is 1. The molecule has 0 saturated heterocycles. The smallest absolute Gasteiger partial charge is 0.328 e. The number of rotatable bonds is 7. The molecular weight excluding hydrogens is 244 g/mol. The predicted octanol–water partition coefficient (Wildman–Crippen LogP) is 1.61. The number of carbonyl (C=O) groups excluding carboxylic acids is 2. The zero-order valence-corrected chi connectivity index (χ0v) is 13.0. The number of ether oxygens (including phenoxy) is 1. The van der Waals surface area contributed by atoms with E-state index in [9.17, 15) is 9.59 Å². The second kappa shape index (κ2) is 8.15. The van der Waals surface area contributed by atoms with Crippen LogP contribution in [0.3, 0.4) is 0 Å². The second-order valence-corrected chi connectivity index (χ2v) is 5.79. The number of nitrogens with one attached hydrogen (secondary N) is 2. The standard InChI is InChI=1S/C14H28N2O3/c1-7-8-9-15-10(2)12(17)16-11(3)13(18)19-14(4,5)6/h10-11,15H,7-9H2,1-6H3,(H,16,17)/t10-,11-/m0/s1. The van der Waals surface area contributed by atoms with Gasteiger partial charge in [0, 0.05) is 0 Å². The summed E-state index contributed by atoms with van der Waals surface area (Å²) in [7, 11) is 0. The molecule has 0 aliphatic rings. The molecule has 0 fully saturated rings. The van der Waals surface area contributed by atoms with Gasteiger partial charge in [-0.2, -0.15) is 0 Å². The molecule has 0 saturated carbocycles. The normalized spacial score (nSPS) is 14.6. The molecule has 19 heavy (non-hydrogen) atoms. The van der Waals surface area contributed by atoms with Crippen molar-refractivity contribution in [2.75, 3.05) is 6.54 Å². The van der Waals surface area contributed by atoms with Gasteiger partial charge in [0.1, 0.15) is 11.6 Å². The van der Waals surface area contributed by atoms with Crippen LogP contribution in [0.25, 0.3) is 0 Å². The van der Waals surface area contributed by atoms with Gasteiger partial charge >= 0.3 is 5.97 Å². The van der Waals surface area contributed by atoms with E-state index in [0.29, 0.717) is 0 Å². The zero-order valence-electron chi connectivity index (χ0n) is 13.0. The minimum absolute atomic E-state index is 0.186. The minimum atomic E-state index is -0.637. The van der Waals surface area contributed by atoms with E-state index in [-0.39, 0.29) is 11.9 Å². The average Bonchev–Trinajstić information content (AvgIpc) is 2.26. The minimum Gasteiger partial charge on any atom is -0.458 e. The van der Waals surface area contributed by atoms with Crippen LogP contribution in [0, 0.1) is 0 Å².